The molecule has 1 aliphatic heterocycles. The standard InChI is InChI=1S/C24H26F3N9/c1-14(15-3-4-20(29-10-15)36-7-5-35(2)6-8-36)33-23-32-13-19(28)21(34-23)18-12-31-22-17(18)9-16(11-30-22)24(25,26)27/h3-4,9-14H,5-8,28H2,1-2H3,(H,30,31)(H,32,33,34)/t14-/m1/s1. The summed E-state index contributed by atoms with van der Waals surface area (Å²) < 4.78 is 39.7. The number of hydrogen-bond acceptors (Lipinski definition) is 8. The summed E-state index contributed by atoms with van der Waals surface area (Å²) in [6, 6.07) is 4.89. The fourth-order valence-corrected chi connectivity index (χ4v) is 4.18. The third-order valence-electron chi connectivity index (χ3n) is 6.37. The van der Waals surface area contributed by atoms with Crippen molar-refractivity contribution >= 4 is 28.5 Å². The first kappa shape index (κ1) is 23.8. The van der Waals surface area contributed by atoms with Crippen molar-refractivity contribution in [3.63, 3.8) is 0 Å². The molecule has 1 saturated heterocycles. The van der Waals surface area contributed by atoms with Gasteiger partial charge in [-0.3, -0.25) is 0 Å². The molecule has 0 aliphatic carbocycles. The van der Waals surface area contributed by atoms with Gasteiger partial charge in [-0.2, -0.15) is 13.2 Å². The first-order valence-corrected chi connectivity index (χ1v) is 11.5. The summed E-state index contributed by atoms with van der Waals surface area (Å²) in [7, 11) is 2.11. The third kappa shape index (κ3) is 4.76. The summed E-state index contributed by atoms with van der Waals surface area (Å²) in [4.78, 5) is 24.7. The lowest BCUT2D eigenvalue weighted by atomic mass is 10.1. The highest BCUT2D eigenvalue weighted by Crippen LogP contribution is 2.35. The molecule has 5 heterocycles. The molecule has 0 bridgehead atoms. The molecule has 4 N–H and O–H groups in total. The van der Waals surface area contributed by atoms with E-state index in [-0.39, 0.29) is 17.1 Å². The molecule has 9 nitrogen and oxygen atoms in total. The number of fused-ring (bicyclic) bond motifs is 1. The van der Waals surface area contributed by atoms with Gasteiger partial charge in [0.25, 0.3) is 0 Å². The molecule has 0 amide bonds. The van der Waals surface area contributed by atoms with Crippen molar-refractivity contribution in [2.75, 3.05) is 49.2 Å². The Morgan fingerprint density at radius 2 is 1.83 bits per heavy atom. The van der Waals surface area contributed by atoms with Crippen LogP contribution in [0.5, 0.6) is 0 Å². The number of hydrogen-bond donors (Lipinski definition) is 3. The van der Waals surface area contributed by atoms with Gasteiger partial charge in [-0.1, -0.05) is 6.07 Å². The van der Waals surface area contributed by atoms with Crippen LogP contribution in [0.25, 0.3) is 22.3 Å². The van der Waals surface area contributed by atoms with E-state index in [9.17, 15) is 13.2 Å². The summed E-state index contributed by atoms with van der Waals surface area (Å²) in [6.07, 6.45) is 1.09. The second-order valence-corrected chi connectivity index (χ2v) is 8.92. The maximum atomic E-state index is 13.2. The van der Waals surface area contributed by atoms with Crippen molar-refractivity contribution in [1.82, 2.24) is 29.8 Å². The van der Waals surface area contributed by atoms with E-state index in [1.165, 1.54) is 6.20 Å². The number of aromatic amines is 1. The molecule has 188 valence electrons. The van der Waals surface area contributed by atoms with Crippen molar-refractivity contribution in [2.24, 2.45) is 0 Å². The minimum Gasteiger partial charge on any atom is -0.396 e. The van der Waals surface area contributed by atoms with Gasteiger partial charge in [0.15, 0.2) is 0 Å². The molecule has 36 heavy (non-hydrogen) atoms. The highest BCUT2D eigenvalue weighted by molar-refractivity contribution is 5.95. The van der Waals surface area contributed by atoms with E-state index in [0.717, 1.165) is 49.8 Å². The molecule has 0 radical (unpaired) electrons. The van der Waals surface area contributed by atoms with Crippen molar-refractivity contribution in [1.29, 1.82) is 0 Å². The molecule has 12 heteroatoms. The molecule has 0 unspecified atom stereocenters. The number of pyridine rings is 2. The molecule has 1 fully saturated rings. The number of aromatic nitrogens is 5. The number of likely N-dealkylation sites (N-methyl/N-ethyl adjacent to an activating group) is 1. The molecule has 0 saturated carbocycles. The Morgan fingerprint density at radius 1 is 1.06 bits per heavy atom. The number of halogens is 3. The molecule has 0 spiro atoms. The quantitative estimate of drug-likeness (QED) is 0.380. The Kier molecular flexibility index (Phi) is 6.12. The van der Waals surface area contributed by atoms with Crippen LogP contribution in [-0.4, -0.2) is 63.0 Å². The minimum atomic E-state index is -4.51. The molecule has 5 rings (SSSR count). The fourth-order valence-electron chi connectivity index (χ4n) is 4.18. The van der Waals surface area contributed by atoms with E-state index in [1.807, 2.05) is 25.3 Å². The monoisotopic (exact) mass is 497 g/mol. The van der Waals surface area contributed by atoms with Crippen LogP contribution in [-0.2, 0) is 6.18 Å². The summed E-state index contributed by atoms with van der Waals surface area (Å²) in [5.74, 6) is 1.24. The predicted molar refractivity (Wildman–Crippen MR) is 133 cm³/mol. The van der Waals surface area contributed by atoms with Crippen molar-refractivity contribution in [2.45, 2.75) is 19.1 Å². The number of alkyl halides is 3. The Hall–Kier alpha value is -3.93. The maximum Gasteiger partial charge on any atom is 0.417 e. The third-order valence-corrected chi connectivity index (χ3v) is 6.37. The minimum absolute atomic E-state index is 0.169. The molecular weight excluding hydrogens is 471 g/mol. The molecule has 4 aromatic rings. The van der Waals surface area contributed by atoms with Crippen molar-refractivity contribution < 1.29 is 13.2 Å². The van der Waals surface area contributed by atoms with Crippen LogP contribution in [0.1, 0.15) is 24.1 Å². The lowest BCUT2D eigenvalue weighted by Crippen LogP contribution is -2.44. The normalized spacial score (nSPS) is 15.9. The molecule has 4 aromatic heterocycles. The van der Waals surface area contributed by atoms with Gasteiger partial charge in [-0.15, -0.1) is 0 Å². The van der Waals surface area contributed by atoms with Crippen LogP contribution in [0, 0.1) is 0 Å². The van der Waals surface area contributed by atoms with Crippen LogP contribution in [0.4, 0.5) is 30.6 Å². The molecule has 1 aliphatic rings. The second-order valence-electron chi connectivity index (χ2n) is 8.92. The van der Waals surface area contributed by atoms with Gasteiger partial charge in [-0.25, -0.2) is 19.9 Å². The Bertz CT molecular complexity index is 1360. The summed E-state index contributed by atoms with van der Waals surface area (Å²) in [6.45, 7) is 5.83. The number of H-pyrrole nitrogens is 1. The molecular formula is C24H26F3N9. The predicted octanol–water partition coefficient (Wildman–Crippen LogP) is 3.94. The van der Waals surface area contributed by atoms with Crippen LogP contribution in [0.15, 0.2) is 43.0 Å². The number of nitrogens with zero attached hydrogens (tertiary/aromatic N) is 6. The smallest absolute Gasteiger partial charge is 0.396 e. The maximum absolute atomic E-state index is 13.2. The molecule has 1 atom stereocenters. The second kappa shape index (κ2) is 9.26. The van der Waals surface area contributed by atoms with Crippen LogP contribution < -0.4 is 16.0 Å². The Morgan fingerprint density at radius 3 is 2.53 bits per heavy atom. The number of piperazine rings is 1. The summed E-state index contributed by atoms with van der Waals surface area (Å²) in [5.41, 5.74) is 7.49. The van der Waals surface area contributed by atoms with E-state index in [1.54, 1.807) is 6.20 Å². The zero-order valence-electron chi connectivity index (χ0n) is 19.8. The lowest BCUT2D eigenvalue weighted by molar-refractivity contribution is -0.137. The number of rotatable bonds is 5. The van der Waals surface area contributed by atoms with E-state index in [4.69, 9.17) is 5.73 Å². The van der Waals surface area contributed by atoms with Gasteiger partial charge in [0.2, 0.25) is 5.95 Å². The largest absolute Gasteiger partial charge is 0.417 e. The first-order valence-electron chi connectivity index (χ1n) is 11.5. The number of nitrogens with two attached hydrogens (primary N) is 1. The van der Waals surface area contributed by atoms with E-state index in [2.05, 4.69) is 47.1 Å². The average Bonchev–Trinajstić information content (AvgIpc) is 3.28. The Balaban J connectivity index is 1.37. The molecule has 0 aromatic carbocycles. The summed E-state index contributed by atoms with van der Waals surface area (Å²) >= 11 is 0. The van der Waals surface area contributed by atoms with Crippen molar-refractivity contribution in [3.8, 4) is 11.3 Å². The van der Waals surface area contributed by atoms with Gasteiger partial charge in [0.05, 0.1) is 23.5 Å². The zero-order chi connectivity index (χ0) is 25.4. The average molecular weight is 498 g/mol. The lowest BCUT2D eigenvalue weighted by Gasteiger charge is -2.33. The van der Waals surface area contributed by atoms with E-state index in [0.29, 0.717) is 22.9 Å². The van der Waals surface area contributed by atoms with Crippen LogP contribution in [0.3, 0.4) is 0 Å². The fraction of sp³-hybridized carbons (Fsp3) is 0.333. The van der Waals surface area contributed by atoms with E-state index < -0.39 is 11.7 Å². The first-order chi connectivity index (χ1) is 17.2. The van der Waals surface area contributed by atoms with Crippen molar-refractivity contribution in [3.05, 3.63) is 54.1 Å². The number of nitrogens with one attached hydrogen (secondary N) is 2. The van der Waals surface area contributed by atoms with Gasteiger partial charge >= 0.3 is 6.18 Å². The number of anilines is 3. The highest BCUT2D eigenvalue weighted by atomic mass is 19.4. The highest BCUT2D eigenvalue weighted by Gasteiger charge is 2.31. The Labute approximate surface area is 205 Å². The number of nitrogen functional groups attached to an aromatic ring is 1. The van der Waals surface area contributed by atoms with Crippen LogP contribution in [0.2, 0.25) is 0 Å². The van der Waals surface area contributed by atoms with Gasteiger partial charge < -0.3 is 25.8 Å². The topological polar surface area (TPSA) is 112 Å². The summed E-state index contributed by atoms with van der Waals surface area (Å²) in [5, 5.41) is 3.51. The zero-order valence-corrected chi connectivity index (χ0v) is 19.8. The van der Waals surface area contributed by atoms with Gasteiger partial charge in [-0.05, 0) is 31.7 Å². The van der Waals surface area contributed by atoms with Gasteiger partial charge in [0.1, 0.15) is 17.2 Å². The SMILES string of the molecule is C[C@@H](Nc1ncc(N)c(-c2c[nH]c3ncc(C(F)(F)F)cc23)n1)c1ccc(N2CCN(C)CC2)nc1. The van der Waals surface area contributed by atoms with Gasteiger partial charge in [0, 0.05) is 55.7 Å². The van der Waals surface area contributed by atoms with Crippen LogP contribution >= 0.6 is 0 Å². The van der Waals surface area contributed by atoms with E-state index >= 15 is 0 Å².